The van der Waals surface area contributed by atoms with Gasteiger partial charge >= 0.3 is 0 Å². The van der Waals surface area contributed by atoms with Crippen LogP contribution in [0.1, 0.15) is 5.56 Å². The normalized spacial score (nSPS) is 10.7. The summed E-state index contributed by atoms with van der Waals surface area (Å²) in [6, 6.07) is 29.2. The number of para-hydroxylation sites is 1. The van der Waals surface area contributed by atoms with E-state index in [0.29, 0.717) is 0 Å². The number of aryl methyl sites for hydroxylation is 1. The average Bonchev–Trinajstić information content (AvgIpc) is 3.08. The maximum Gasteiger partial charge on any atom is 0.100 e. The highest BCUT2D eigenvalue weighted by Crippen LogP contribution is 2.33. The predicted molar refractivity (Wildman–Crippen MR) is 99.2 cm³/mol. The Balaban J connectivity index is 2.00. The Morgan fingerprint density at radius 1 is 0.667 bits per heavy atom. The Kier molecular flexibility index (Phi) is 3.72. The molecule has 2 heteroatoms. The first kappa shape index (κ1) is 14.5. The van der Waals surface area contributed by atoms with Gasteiger partial charge < -0.3 is 0 Å². The van der Waals surface area contributed by atoms with Crippen LogP contribution in [-0.2, 0) is 0 Å². The van der Waals surface area contributed by atoms with Crippen molar-refractivity contribution in [2.45, 2.75) is 6.92 Å². The number of hydrogen-bond acceptors (Lipinski definition) is 1. The molecule has 4 aromatic rings. The summed E-state index contributed by atoms with van der Waals surface area (Å²) in [4.78, 5) is 4.74. The molecular weight excluding hydrogens is 292 g/mol. The molecule has 0 unspecified atom stereocenters. The first-order valence-corrected chi connectivity index (χ1v) is 8.09. The van der Waals surface area contributed by atoms with E-state index in [2.05, 4.69) is 84.3 Å². The maximum atomic E-state index is 4.74. The van der Waals surface area contributed by atoms with Crippen LogP contribution in [0.4, 0.5) is 0 Å². The number of hydrogen-bond donors (Lipinski definition) is 0. The van der Waals surface area contributed by atoms with Gasteiger partial charge in [0.1, 0.15) is 6.33 Å². The SMILES string of the molecule is Cc1ccccc1-n1cnc(-c2ccccc2)c1-c1ccccc1. The second-order valence-electron chi connectivity index (χ2n) is 5.83. The van der Waals surface area contributed by atoms with Gasteiger partial charge in [-0.25, -0.2) is 4.98 Å². The third-order valence-corrected chi connectivity index (χ3v) is 4.24. The molecule has 2 nitrogen and oxygen atoms in total. The quantitative estimate of drug-likeness (QED) is 0.487. The summed E-state index contributed by atoms with van der Waals surface area (Å²) in [6.07, 6.45) is 1.92. The highest BCUT2D eigenvalue weighted by molar-refractivity contribution is 5.80. The highest BCUT2D eigenvalue weighted by Gasteiger charge is 2.16. The van der Waals surface area contributed by atoms with E-state index in [4.69, 9.17) is 4.98 Å². The fraction of sp³-hybridized carbons (Fsp3) is 0.0455. The van der Waals surface area contributed by atoms with Crippen molar-refractivity contribution in [1.82, 2.24) is 9.55 Å². The third-order valence-electron chi connectivity index (χ3n) is 4.24. The molecule has 0 spiro atoms. The Hall–Kier alpha value is -3.13. The van der Waals surface area contributed by atoms with Crippen molar-refractivity contribution in [2.75, 3.05) is 0 Å². The Bertz CT molecular complexity index is 954. The van der Waals surface area contributed by atoms with Crippen molar-refractivity contribution in [3.8, 4) is 28.2 Å². The molecule has 0 aliphatic heterocycles. The summed E-state index contributed by atoms with van der Waals surface area (Å²) in [5.74, 6) is 0. The van der Waals surface area contributed by atoms with Gasteiger partial charge in [0.2, 0.25) is 0 Å². The second-order valence-corrected chi connectivity index (χ2v) is 5.83. The number of nitrogens with zero attached hydrogens (tertiary/aromatic N) is 2. The molecule has 0 N–H and O–H groups in total. The van der Waals surface area contributed by atoms with Crippen LogP contribution in [0.25, 0.3) is 28.2 Å². The fourth-order valence-corrected chi connectivity index (χ4v) is 3.04. The molecule has 0 fully saturated rings. The van der Waals surface area contributed by atoms with Gasteiger partial charge in [0, 0.05) is 11.1 Å². The van der Waals surface area contributed by atoms with E-state index in [-0.39, 0.29) is 0 Å². The summed E-state index contributed by atoms with van der Waals surface area (Å²) in [7, 11) is 0. The molecule has 116 valence electrons. The number of rotatable bonds is 3. The monoisotopic (exact) mass is 310 g/mol. The number of imidazole rings is 1. The van der Waals surface area contributed by atoms with Gasteiger partial charge in [-0.2, -0.15) is 0 Å². The zero-order valence-corrected chi connectivity index (χ0v) is 13.6. The zero-order valence-electron chi connectivity index (χ0n) is 13.6. The van der Waals surface area contributed by atoms with Gasteiger partial charge in [-0.3, -0.25) is 4.57 Å². The summed E-state index contributed by atoms with van der Waals surface area (Å²) < 4.78 is 2.19. The minimum Gasteiger partial charge on any atom is -0.298 e. The maximum absolute atomic E-state index is 4.74. The Morgan fingerprint density at radius 3 is 1.92 bits per heavy atom. The van der Waals surface area contributed by atoms with E-state index in [1.54, 1.807) is 0 Å². The summed E-state index contributed by atoms with van der Waals surface area (Å²) in [6.45, 7) is 2.13. The molecule has 0 amide bonds. The Morgan fingerprint density at radius 2 is 1.25 bits per heavy atom. The molecule has 3 aromatic carbocycles. The van der Waals surface area contributed by atoms with Crippen molar-refractivity contribution in [2.24, 2.45) is 0 Å². The Labute approximate surface area is 142 Å². The van der Waals surface area contributed by atoms with Gasteiger partial charge in [0.25, 0.3) is 0 Å². The molecule has 4 rings (SSSR count). The van der Waals surface area contributed by atoms with Crippen molar-refractivity contribution in [3.05, 3.63) is 96.8 Å². The van der Waals surface area contributed by atoms with E-state index in [1.807, 2.05) is 18.5 Å². The van der Waals surface area contributed by atoms with Gasteiger partial charge in [-0.15, -0.1) is 0 Å². The summed E-state index contributed by atoms with van der Waals surface area (Å²) in [5.41, 5.74) is 6.81. The van der Waals surface area contributed by atoms with Gasteiger partial charge in [-0.1, -0.05) is 78.9 Å². The average molecular weight is 310 g/mol. The van der Waals surface area contributed by atoms with Crippen molar-refractivity contribution >= 4 is 0 Å². The van der Waals surface area contributed by atoms with Crippen LogP contribution in [0.3, 0.4) is 0 Å². The van der Waals surface area contributed by atoms with Crippen molar-refractivity contribution < 1.29 is 0 Å². The van der Waals surface area contributed by atoms with Gasteiger partial charge in [0.05, 0.1) is 17.1 Å². The van der Waals surface area contributed by atoms with Crippen LogP contribution >= 0.6 is 0 Å². The van der Waals surface area contributed by atoms with Gasteiger partial charge in [-0.05, 0) is 18.6 Å². The topological polar surface area (TPSA) is 17.8 Å². The lowest BCUT2D eigenvalue weighted by atomic mass is 10.0. The molecule has 0 radical (unpaired) electrons. The third kappa shape index (κ3) is 2.52. The van der Waals surface area contributed by atoms with E-state index >= 15 is 0 Å². The summed E-state index contributed by atoms with van der Waals surface area (Å²) in [5, 5.41) is 0. The molecule has 1 heterocycles. The van der Waals surface area contributed by atoms with Gasteiger partial charge in [0.15, 0.2) is 0 Å². The molecule has 0 aliphatic rings. The van der Waals surface area contributed by atoms with E-state index in [0.717, 1.165) is 28.2 Å². The first-order chi connectivity index (χ1) is 11.8. The molecule has 24 heavy (non-hydrogen) atoms. The summed E-state index contributed by atoms with van der Waals surface area (Å²) >= 11 is 0. The lowest BCUT2D eigenvalue weighted by Gasteiger charge is -2.13. The molecule has 0 bridgehead atoms. The zero-order chi connectivity index (χ0) is 16.4. The van der Waals surface area contributed by atoms with E-state index < -0.39 is 0 Å². The lowest BCUT2D eigenvalue weighted by molar-refractivity contribution is 1.05. The predicted octanol–water partition coefficient (Wildman–Crippen LogP) is 5.51. The second kappa shape index (κ2) is 6.17. The van der Waals surface area contributed by atoms with Crippen LogP contribution in [0.15, 0.2) is 91.3 Å². The van der Waals surface area contributed by atoms with Crippen LogP contribution in [0.2, 0.25) is 0 Å². The van der Waals surface area contributed by atoms with Crippen LogP contribution in [-0.4, -0.2) is 9.55 Å². The molecule has 0 aliphatic carbocycles. The minimum absolute atomic E-state index is 1.00. The van der Waals surface area contributed by atoms with Crippen LogP contribution < -0.4 is 0 Å². The number of benzene rings is 3. The smallest absolute Gasteiger partial charge is 0.100 e. The molecular formula is C22H18N2. The standard InChI is InChI=1S/C22H18N2/c1-17-10-8-9-15-20(17)24-16-23-21(18-11-4-2-5-12-18)22(24)19-13-6-3-7-14-19/h2-16H,1H3. The first-order valence-electron chi connectivity index (χ1n) is 8.09. The highest BCUT2D eigenvalue weighted by atomic mass is 15.1. The van der Waals surface area contributed by atoms with Crippen LogP contribution in [0, 0.1) is 6.92 Å². The molecule has 0 atom stereocenters. The van der Waals surface area contributed by atoms with E-state index in [1.165, 1.54) is 5.56 Å². The largest absolute Gasteiger partial charge is 0.298 e. The van der Waals surface area contributed by atoms with Crippen LogP contribution in [0.5, 0.6) is 0 Å². The van der Waals surface area contributed by atoms with Crippen molar-refractivity contribution in [1.29, 1.82) is 0 Å². The molecule has 0 saturated carbocycles. The number of aromatic nitrogens is 2. The molecule has 1 aromatic heterocycles. The van der Waals surface area contributed by atoms with E-state index in [9.17, 15) is 0 Å². The lowest BCUT2D eigenvalue weighted by Crippen LogP contribution is -1.98. The minimum atomic E-state index is 1.00. The van der Waals surface area contributed by atoms with Crippen molar-refractivity contribution in [3.63, 3.8) is 0 Å². The fourth-order valence-electron chi connectivity index (χ4n) is 3.04. The molecule has 0 saturated heterocycles.